The predicted molar refractivity (Wildman–Crippen MR) is 115 cm³/mol. The highest BCUT2D eigenvalue weighted by molar-refractivity contribution is 7.89. The molecule has 7 heteroatoms. The number of carbonyl (C=O) groups excluding carboxylic acids is 1. The van der Waals surface area contributed by atoms with Gasteiger partial charge in [-0.3, -0.25) is 4.79 Å². The molecule has 0 aromatic heterocycles. The molecule has 0 unspecified atom stereocenters. The van der Waals surface area contributed by atoms with Crippen LogP contribution in [0.25, 0.3) is 0 Å². The number of hydrogen-bond donors (Lipinski definition) is 1. The molecule has 1 heterocycles. The summed E-state index contributed by atoms with van der Waals surface area (Å²) in [6, 6.07) is 21.1. The fourth-order valence-corrected chi connectivity index (χ4v) is 5.03. The molecular weight excluding hydrogens is 400 g/mol. The number of rotatable bonds is 5. The monoisotopic (exact) mass is 422 g/mol. The number of fused-ring (bicyclic) bond motifs is 1. The Kier molecular flexibility index (Phi) is 5.57. The van der Waals surface area contributed by atoms with Crippen LogP contribution in [0.5, 0.6) is 5.75 Å². The number of nitrogens with zero attached hydrogens (tertiary/aromatic N) is 1. The van der Waals surface area contributed by atoms with Gasteiger partial charge in [-0.05, 0) is 53.9 Å². The zero-order chi connectivity index (χ0) is 21.1. The number of hydrogen-bond acceptors (Lipinski definition) is 4. The first kappa shape index (κ1) is 20.1. The van der Waals surface area contributed by atoms with E-state index >= 15 is 0 Å². The largest absolute Gasteiger partial charge is 0.496 e. The molecule has 4 rings (SSSR count). The molecule has 0 saturated carbocycles. The normalized spacial score (nSPS) is 14.0. The van der Waals surface area contributed by atoms with E-state index in [0.29, 0.717) is 30.0 Å². The molecule has 154 valence electrons. The van der Waals surface area contributed by atoms with Gasteiger partial charge < -0.3 is 10.1 Å². The molecule has 1 amide bonds. The third kappa shape index (κ3) is 3.94. The molecule has 3 aromatic rings. The summed E-state index contributed by atoms with van der Waals surface area (Å²) >= 11 is 0. The van der Waals surface area contributed by atoms with Crippen molar-refractivity contribution in [1.82, 2.24) is 4.31 Å². The van der Waals surface area contributed by atoms with Crippen molar-refractivity contribution in [2.24, 2.45) is 0 Å². The molecule has 0 bridgehead atoms. The first-order valence-electron chi connectivity index (χ1n) is 9.60. The van der Waals surface area contributed by atoms with Crippen LogP contribution in [0, 0.1) is 0 Å². The number of anilines is 1. The maximum Gasteiger partial charge on any atom is 0.259 e. The Hall–Kier alpha value is -3.16. The minimum Gasteiger partial charge on any atom is -0.496 e. The van der Waals surface area contributed by atoms with E-state index in [2.05, 4.69) is 5.32 Å². The summed E-state index contributed by atoms with van der Waals surface area (Å²) in [5, 5.41) is 2.88. The highest BCUT2D eigenvalue weighted by atomic mass is 32.2. The van der Waals surface area contributed by atoms with Gasteiger partial charge in [0, 0.05) is 18.8 Å². The van der Waals surface area contributed by atoms with Crippen molar-refractivity contribution >= 4 is 21.6 Å². The number of carbonyl (C=O) groups is 1. The Bertz CT molecular complexity index is 1180. The van der Waals surface area contributed by atoms with E-state index < -0.39 is 10.0 Å². The summed E-state index contributed by atoms with van der Waals surface area (Å²) < 4.78 is 32.7. The Balaban J connectivity index is 1.56. The van der Waals surface area contributed by atoms with E-state index in [4.69, 9.17) is 4.74 Å². The van der Waals surface area contributed by atoms with Crippen LogP contribution in [0.2, 0.25) is 0 Å². The number of ether oxygens (including phenoxy) is 1. The van der Waals surface area contributed by atoms with Crippen molar-refractivity contribution in [3.05, 3.63) is 89.5 Å². The molecule has 0 aliphatic carbocycles. The minimum absolute atomic E-state index is 0.269. The van der Waals surface area contributed by atoms with Crippen LogP contribution in [0.1, 0.15) is 21.5 Å². The van der Waals surface area contributed by atoms with Gasteiger partial charge in [0.1, 0.15) is 5.75 Å². The van der Waals surface area contributed by atoms with Crippen LogP contribution in [-0.4, -0.2) is 32.3 Å². The van der Waals surface area contributed by atoms with Crippen molar-refractivity contribution in [2.45, 2.75) is 17.9 Å². The topological polar surface area (TPSA) is 75.7 Å². The number of para-hydroxylation sites is 1. The lowest BCUT2D eigenvalue weighted by Gasteiger charge is -2.28. The summed E-state index contributed by atoms with van der Waals surface area (Å²) in [5.74, 6) is 0.213. The Morgan fingerprint density at radius 3 is 2.47 bits per heavy atom. The van der Waals surface area contributed by atoms with Gasteiger partial charge in [-0.15, -0.1) is 0 Å². The lowest BCUT2D eigenvalue weighted by molar-refractivity contribution is 0.102. The van der Waals surface area contributed by atoms with Gasteiger partial charge in [0.25, 0.3) is 5.91 Å². The summed E-state index contributed by atoms with van der Waals surface area (Å²) in [4.78, 5) is 13.0. The predicted octanol–water partition coefficient (Wildman–Crippen LogP) is 3.69. The fraction of sp³-hybridized carbons (Fsp3) is 0.174. The van der Waals surface area contributed by atoms with Crippen LogP contribution in [0.3, 0.4) is 0 Å². The Morgan fingerprint density at radius 1 is 0.967 bits per heavy atom. The molecule has 0 atom stereocenters. The molecular formula is C23H22N2O4S. The van der Waals surface area contributed by atoms with E-state index in [0.717, 1.165) is 11.1 Å². The highest BCUT2D eigenvalue weighted by Crippen LogP contribution is 2.27. The van der Waals surface area contributed by atoms with E-state index in [1.165, 1.54) is 11.4 Å². The third-order valence-corrected chi connectivity index (χ3v) is 7.03. The van der Waals surface area contributed by atoms with Crippen molar-refractivity contribution in [1.29, 1.82) is 0 Å². The van der Waals surface area contributed by atoms with E-state index in [1.54, 1.807) is 54.6 Å². The van der Waals surface area contributed by atoms with E-state index in [1.807, 2.05) is 18.2 Å². The SMILES string of the molecule is COc1ccccc1C(=O)Nc1ccc2c(c1)CN(S(=O)(=O)c1ccccc1)CC2. The smallest absolute Gasteiger partial charge is 0.259 e. The van der Waals surface area contributed by atoms with Crippen LogP contribution in [-0.2, 0) is 23.0 Å². The Labute approximate surface area is 176 Å². The van der Waals surface area contributed by atoms with Gasteiger partial charge in [0.05, 0.1) is 17.6 Å². The van der Waals surface area contributed by atoms with E-state index in [-0.39, 0.29) is 17.3 Å². The third-order valence-electron chi connectivity index (χ3n) is 5.17. The molecule has 0 radical (unpaired) electrons. The summed E-state index contributed by atoms with van der Waals surface area (Å²) in [7, 11) is -2.04. The molecule has 1 aliphatic rings. The number of amides is 1. The number of methoxy groups -OCH3 is 1. The molecule has 3 aromatic carbocycles. The van der Waals surface area contributed by atoms with E-state index in [9.17, 15) is 13.2 Å². The van der Waals surface area contributed by atoms with Crippen LogP contribution in [0.4, 0.5) is 5.69 Å². The van der Waals surface area contributed by atoms with Crippen LogP contribution in [0.15, 0.2) is 77.7 Å². The molecule has 1 aliphatic heterocycles. The van der Waals surface area contributed by atoms with Crippen molar-refractivity contribution in [3.63, 3.8) is 0 Å². The van der Waals surface area contributed by atoms with Gasteiger partial charge in [-0.1, -0.05) is 36.4 Å². The van der Waals surface area contributed by atoms with Crippen molar-refractivity contribution < 1.29 is 17.9 Å². The first-order valence-corrected chi connectivity index (χ1v) is 11.0. The summed E-state index contributed by atoms with van der Waals surface area (Å²) in [5.41, 5.74) is 3.03. The molecule has 0 saturated heterocycles. The lowest BCUT2D eigenvalue weighted by atomic mass is 10.0. The highest BCUT2D eigenvalue weighted by Gasteiger charge is 2.28. The molecule has 0 fully saturated rings. The quantitative estimate of drug-likeness (QED) is 0.680. The number of nitrogens with one attached hydrogen (secondary N) is 1. The maximum absolute atomic E-state index is 13.0. The fourth-order valence-electron chi connectivity index (χ4n) is 3.59. The summed E-state index contributed by atoms with van der Waals surface area (Å²) in [6.45, 7) is 0.697. The van der Waals surface area contributed by atoms with Gasteiger partial charge in [0.2, 0.25) is 10.0 Å². The Morgan fingerprint density at radius 2 is 1.70 bits per heavy atom. The molecule has 1 N–H and O–H groups in total. The maximum atomic E-state index is 13.0. The zero-order valence-electron chi connectivity index (χ0n) is 16.5. The van der Waals surface area contributed by atoms with Crippen molar-refractivity contribution in [3.8, 4) is 5.75 Å². The second-order valence-electron chi connectivity index (χ2n) is 7.04. The van der Waals surface area contributed by atoms with Crippen molar-refractivity contribution in [2.75, 3.05) is 19.0 Å². The van der Waals surface area contributed by atoms with Crippen LogP contribution >= 0.6 is 0 Å². The number of benzene rings is 3. The second kappa shape index (κ2) is 8.30. The van der Waals surface area contributed by atoms with Crippen LogP contribution < -0.4 is 10.1 Å². The molecule has 6 nitrogen and oxygen atoms in total. The second-order valence-corrected chi connectivity index (χ2v) is 8.98. The average molecular weight is 423 g/mol. The summed E-state index contributed by atoms with van der Waals surface area (Å²) in [6.07, 6.45) is 0.627. The molecule has 0 spiro atoms. The van der Waals surface area contributed by atoms with Gasteiger partial charge in [0.15, 0.2) is 0 Å². The minimum atomic E-state index is -3.56. The van der Waals surface area contributed by atoms with Gasteiger partial charge in [-0.25, -0.2) is 8.42 Å². The van der Waals surface area contributed by atoms with Gasteiger partial charge in [-0.2, -0.15) is 4.31 Å². The zero-order valence-corrected chi connectivity index (χ0v) is 17.4. The number of sulfonamides is 1. The standard InChI is InChI=1S/C23H22N2O4S/c1-29-22-10-6-5-9-21(22)23(26)24-19-12-11-17-13-14-25(16-18(17)15-19)30(27,28)20-7-3-2-4-8-20/h2-12,15H,13-14,16H2,1H3,(H,24,26). The average Bonchev–Trinajstić information content (AvgIpc) is 2.79. The van der Waals surface area contributed by atoms with Gasteiger partial charge >= 0.3 is 0 Å². The lowest BCUT2D eigenvalue weighted by Crippen LogP contribution is -2.36. The first-order chi connectivity index (χ1) is 14.5. The molecule has 30 heavy (non-hydrogen) atoms.